The van der Waals surface area contributed by atoms with E-state index in [-0.39, 0.29) is 12.5 Å². The van der Waals surface area contributed by atoms with E-state index in [4.69, 9.17) is 0 Å². The Morgan fingerprint density at radius 2 is 1.76 bits per heavy atom. The number of carbonyl (C=O) groups is 2. The highest BCUT2D eigenvalue weighted by Gasteiger charge is 2.35. The molecule has 0 saturated heterocycles. The summed E-state index contributed by atoms with van der Waals surface area (Å²) in [6.07, 6.45) is 2.37. The summed E-state index contributed by atoms with van der Waals surface area (Å²) in [6.45, 7) is 5.87. The van der Waals surface area contributed by atoms with E-state index in [1.54, 1.807) is 19.1 Å². The molecule has 0 aliphatic rings. The molecule has 1 aromatic carbocycles. The zero-order valence-electron chi connectivity index (χ0n) is 13.1. The molecule has 0 fully saturated rings. The Bertz CT molecular complexity index is 468. The lowest BCUT2D eigenvalue weighted by atomic mass is 9.82. The summed E-state index contributed by atoms with van der Waals surface area (Å²) in [7, 11) is 0. The van der Waals surface area contributed by atoms with E-state index < -0.39 is 11.4 Å². The molecule has 1 aromatic rings. The number of hydrogen-bond acceptors (Lipinski definition) is 2. The van der Waals surface area contributed by atoms with Gasteiger partial charge in [0.2, 0.25) is 5.91 Å². The third-order valence-corrected chi connectivity index (χ3v) is 4.15. The maximum atomic E-state index is 12.0. The molecule has 0 saturated carbocycles. The van der Waals surface area contributed by atoms with Gasteiger partial charge in [-0.05, 0) is 18.4 Å². The van der Waals surface area contributed by atoms with E-state index in [0.717, 1.165) is 12.8 Å². The molecule has 0 radical (unpaired) electrons. The molecule has 4 nitrogen and oxygen atoms in total. The Morgan fingerprint density at radius 1 is 1.19 bits per heavy atom. The number of amides is 1. The van der Waals surface area contributed by atoms with Crippen LogP contribution in [0.3, 0.4) is 0 Å². The Balaban J connectivity index is 2.73. The molecule has 21 heavy (non-hydrogen) atoms. The van der Waals surface area contributed by atoms with Gasteiger partial charge in [0.1, 0.15) is 5.41 Å². The van der Waals surface area contributed by atoms with Crippen molar-refractivity contribution in [2.75, 3.05) is 6.54 Å². The molecular formula is C17H25NO3. The van der Waals surface area contributed by atoms with Gasteiger partial charge >= 0.3 is 5.97 Å². The summed E-state index contributed by atoms with van der Waals surface area (Å²) >= 11 is 0. The highest BCUT2D eigenvalue weighted by atomic mass is 16.4. The largest absolute Gasteiger partial charge is 0.481 e. The van der Waals surface area contributed by atoms with Crippen molar-refractivity contribution in [2.24, 2.45) is 5.92 Å². The van der Waals surface area contributed by atoms with Crippen molar-refractivity contribution in [3.05, 3.63) is 35.9 Å². The molecule has 116 valence electrons. The second kappa shape index (κ2) is 7.81. The third-order valence-electron chi connectivity index (χ3n) is 4.15. The van der Waals surface area contributed by atoms with Crippen LogP contribution in [0.25, 0.3) is 0 Å². The lowest BCUT2D eigenvalue weighted by molar-refractivity contribution is -0.143. The quantitative estimate of drug-likeness (QED) is 0.774. The van der Waals surface area contributed by atoms with Gasteiger partial charge in [-0.25, -0.2) is 0 Å². The van der Waals surface area contributed by atoms with Crippen molar-refractivity contribution >= 4 is 11.9 Å². The van der Waals surface area contributed by atoms with Crippen LogP contribution >= 0.6 is 0 Å². The van der Waals surface area contributed by atoms with Crippen molar-refractivity contribution in [1.82, 2.24) is 5.32 Å². The molecule has 0 aromatic heterocycles. The minimum Gasteiger partial charge on any atom is -0.481 e. The van der Waals surface area contributed by atoms with E-state index in [2.05, 4.69) is 19.2 Å². The predicted molar refractivity (Wildman–Crippen MR) is 83.1 cm³/mol. The second-order valence-corrected chi connectivity index (χ2v) is 5.67. The summed E-state index contributed by atoms with van der Waals surface area (Å²) in [4.78, 5) is 23.6. The fourth-order valence-electron chi connectivity index (χ4n) is 2.29. The van der Waals surface area contributed by atoms with Gasteiger partial charge in [0.15, 0.2) is 0 Å². The summed E-state index contributed by atoms with van der Waals surface area (Å²) in [6, 6.07) is 9.02. The first-order valence-corrected chi connectivity index (χ1v) is 7.49. The smallest absolute Gasteiger partial charge is 0.315 e. The molecule has 1 rings (SSSR count). The van der Waals surface area contributed by atoms with E-state index >= 15 is 0 Å². The van der Waals surface area contributed by atoms with Crippen LogP contribution in [0.4, 0.5) is 0 Å². The van der Waals surface area contributed by atoms with Gasteiger partial charge in [-0.15, -0.1) is 0 Å². The first-order valence-electron chi connectivity index (χ1n) is 7.49. The van der Waals surface area contributed by atoms with Crippen LogP contribution in [0.1, 0.15) is 45.6 Å². The molecule has 0 bridgehead atoms. The number of benzene rings is 1. The van der Waals surface area contributed by atoms with Crippen LogP contribution in [-0.4, -0.2) is 23.5 Å². The lowest BCUT2D eigenvalue weighted by Crippen LogP contribution is -2.44. The van der Waals surface area contributed by atoms with Crippen molar-refractivity contribution in [3.8, 4) is 0 Å². The molecular weight excluding hydrogens is 266 g/mol. The number of hydrogen-bond donors (Lipinski definition) is 2. The molecule has 1 atom stereocenters. The Kier molecular flexibility index (Phi) is 6.40. The van der Waals surface area contributed by atoms with Crippen molar-refractivity contribution in [1.29, 1.82) is 0 Å². The van der Waals surface area contributed by atoms with E-state index in [1.165, 1.54) is 0 Å². The summed E-state index contributed by atoms with van der Waals surface area (Å²) in [5.74, 6) is -0.651. The molecule has 0 aliphatic carbocycles. The number of aliphatic carboxylic acids is 1. The SMILES string of the molecule is CCC(CC)CC(=O)NCC(C)(C(=O)O)c1ccccc1. The molecule has 2 N–H and O–H groups in total. The minimum atomic E-state index is -1.11. The highest BCUT2D eigenvalue weighted by molar-refractivity contribution is 5.83. The van der Waals surface area contributed by atoms with Crippen LogP contribution in [0.15, 0.2) is 30.3 Å². The third kappa shape index (κ3) is 4.59. The maximum Gasteiger partial charge on any atom is 0.315 e. The first kappa shape index (κ1) is 17.2. The zero-order valence-corrected chi connectivity index (χ0v) is 13.1. The molecule has 0 spiro atoms. The summed E-state index contributed by atoms with van der Waals surface area (Å²) in [5.41, 5.74) is -0.412. The van der Waals surface area contributed by atoms with Crippen LogP contribution < -0.4 is 5.32 Å². The van der Waals surface area contributed by atoms with Gasteiger partial charge in [0, 0.05) is 13.0 Å². The van der Waals surface area contributed by atoms with Crippen LogP contribution in [0.5, 0.6) is 0 Å². The van der Waals surface area contributed by atoms with Gasteiger partial charge in [0.25, 0.3) is 0 Å². The van der Waals surface area contributed by atoms with Gasteiger partial charge in [-0.2, -0.15) is 0 Å². The van der Waals surface area contributed by atoms with E-state index in [0.29, 0.717) is 17.9 Å². The number of rotatable bonds is 8. The van der Waals surface area contributed by atoms with Gasteiger partial charge < -0.3 is 10.4 Å². The second-order valence-electron chi connectivity index (χ2n) is 5.67. The average molecular weight is 291 g/mol. The monoisotopic (exact) mass is 291 g/mol. The first-order chi connectivity index (χ1) is 9.93. The van der Waals surface area contributed by atoms with E-state index in [1.807, 2.05) is 18.2 Å². The molecule has 4 heteroatoms. The minimum absolute atomic E-state index is 0.0768. The number of carboxylic acid groups (broad SMARTS) is 1. The van der Waals surface area contributed by atoms with Gasteiger partial charge in [-0.1, -0.05) is 57.0 Å². The Hall–Kier alpha value is -1.84. The van der Waals surface area contributed by atoms with Crippen LogP contribution in [0.2, 0.25) is 0 Å². The molecule has 1 amide bonds. The van der Waals surface area contributed by atoms with Crippen molar-refractivity contribution < 1.29 is 14.7 Å². The summed E-state index contributed by atoms with van der Waals surface area (Å²) in [5, 5.41) is 12.3. The van der Waals surface area contributed by atoms with Crippen LogP contribution in [-0.2, 0) is 15.0 Å². The number of carbonyl (C=O) groups excluding carboxylic acids is 1. The lowest BCUT2D eigenvalue weighted by Gasteiger charge is -2.26. The molecule has 1 unspecified atom stereocenters. The fourth-order valence-corrected chi connectivity index (χ4v) is 2.29. The van der Waals surface area contributed by atoms with Crippen molar-refractivity contribution in [3.63, 3.8) is 0 Å². The highest BCUT2D eigenvalue weighted by Crippen LogP contribution is 2.23. The predicted octanol–water partition coefficient (Wildman–Crippen LogP) is 2.97. The molecule has 0 heterocycles. The topological polar surface area (TPSA) is 66.4 Å². The van der Waals surface area contributed by atoms with Gasteiger partial charge in [0.05, 0.1) is 0 Å². The van der Waals surface area contributed by atoms with Crippen molar-refractivity contribution in [2.45, 2.75) is 45.4 Å². The normalized spacial score (nSPS) is 13.7. The maximum absolute atomic E-state index is 12.0. The molecule has 0 aliphatic heterocycles. The van der Waals surface area contributed by atoms with Crippen LogP contribution in [0, 0.1) is 5.92 Å². The van der Waals surface area contributed by atoms with E-state index in [9.17, 15) is 14.7 Å². The van der Waals surface area contributed by atoms with Gasteiger partial charge in [-0.3, -0.25) is 9.59 Å². The number of nitrogens with one attached hydrogen (secondary N) is 1. The fraction of sp³-hybridized carbons (Fsp3) is 0.529. The average Bonchev–Trinajstić information content (AvgIpc) is 2.50. The Morgan fingerprint density at radius 3 is 2.24 bits per heavy atom. The zero-order chi connectivity index (χ0) is 15.9. The Labute approximate surface area is 126 Å². The summed E-state index contributed by atoms with van der Waals surface area (Å²) < 4.78 is 0. The standard InChI is InChI=1S/C17H25NO3/c1-4-13(5-2)11-15(19)18-12-17(3,16(20)21)14-9-7-6-8-10-14/h6-10,13H,4-5,11-12H2,1-3H3,(H,18,19)(H,20,21). The number of carboxylic acids is 1.